The summed E-state index contributed by atoms with van der Waals surface area (Å²) in [4.78, 5) is 70.2. The number of likely N-dealkylation sites (tertiary alicyclic amines) is 2. The number of rotatable bonds is 10. The van der Waals surface area contributed by atoms with Gasteiger partial charge in [0.1, 0.15) is 30.0 Å². The average molecular weight is 644 g/mol. The number of hydrogen-bond donors (Lipinski definition) is 5. The van der Waals surface area contributed by atoms with Gasteiger partial charge in [-0.1, -0.05) is 54.8 Å². The van der Waals surface area contributed by atoms with Gasteiger partial charge >= 0.3 is 0 Å². The van der Waals surface area contributed by atoms with E-state index in [2.05, 4.69) is 10.6 Å². The van der Waals surface area contributed by atoms with Crippen molar-refractivity contribution < 1.29 is 24.0 Å². The predicted octanol–water partition coefficient (Wildman–Crippen LogP) is 1.76. The lowest BCUT2D eigenvalue weighted by atomic mass is 9.84. The molecule has 2 aliphatic heterocycles. The number of amidine groups is 1. The first-order valence-electron chi connectivity index (χ1n) is 16.5. The molecule has 5 amide bonds. The SMILES string of the molecule is Cc1ccc(C[C@H](NC(=O)[C@@H](C)NC(=O)[C@@H]2CCCN2C(=O)[C@@H]2C[C@@H]3CCCC[C@@H]3N2C(=O)c2cccc(C(=N)N)c2)C(N)=O)cc1. The van der Waals surface area contributed by atoms with Crippen LogP contribution < -0.4 is 22.1 Å². The maximum absolute atomic E-state index is 14.2. The Balaban J connectivity index is 1.27. The Labute approximate surface area is 275 Å². The van der Waals surface area contributed by atoms with E-state index in [1.165, 1.54) is 6.92 Å². The first-order valence-corrected chi connectivity index (χ1v) is 16.5. The van der Waals surface area contributed by atoms with Gasteiger partial charge in [-0.25, -0.2) is 0 Å². The van der Waals surface area contributed by atoms with Crippen LogP contribution in [0.4, 0.5) is 0 Å². The molecule has 2 aromatic rings. The second-order valence-corrected chi connectivity index (χ2v) is 13.1. The van der Waals surface area contributed by atoms with Gasteiger partial charge in [0.25, 0.3) is 5.91 Å². The summed E-state index contributed by atoms with van der Waals surface area (Å²) in [5.41, 5.74) is 14.0. The highest BCUT2D eigenvalue weighted by atomic mass is 16.2. The molecular formula is C35H45N7O5. The summed E-state index contributed by atoms with van der Waals surface area (Å²) in [7, 11) is 0. The lowest BCUT2D eigenvalue weighted by Gasteiger charge is -2.35. The Hall–Kier alpha value is -4.74. The van der Waals surface area contributed by atoms with Crippen LogP contribution in [0.15, 0.2) is 48.5 Å². The van der Waals surface area contributed by atoms with Crippen LogP contribution in [0, 0.1) is 18.3 Å². The number of fused-ring (bicyclic) bond motifs is 1. The Morgan fingerprint density at radius 2 is 1.62 bits per heavy atom. The summed E-state index contributed by atoms with van der Waals surface area (Å²) in [5, 5.41) is 13.2. The van der Waals surface area contributed by atoms with Crippen molar-refractivity contribution >= 4 is 35.4 Å². The number of carbonyl (C=O) groups excluding carboxylic acids is 5. The van der Waals surface area contributed by atoms with E-state index in [0.717, 1.165) is 36.8 Å². The molecule has 7 N–H and O–H groups in total. The number of benzene rings is 2. The van der Waals surface area contributed by atoms with Crippen molar-refractivity contribution in [1.29, 1.82) is 5.41 Å². The van der Waals surface area contributed by atoms with Crippen molar-refractivity contribution in [2.45, 2.75) is 95.4 Å². The highest BCUT2D eigenvalue weighted by molar-refractivity contribution is 6.02. The van der Waals surface area contributed by atoms with Gasteiger partial charge < -0.3 is 31.9 Å². The number of carbonyl (C=O) groups is 5. The molecule has 47 heavy (non-hydrogen) atoms. The molecule has 2 aromatic carbocycles. The molecule has 3 fully saturated rings. The zero-order valence-electron chi connectivity index (χ0n) is 27.0. The maximum Gasteiger partial charge on any atom is 0.254 e. The molecule has 3 aliphatic rings. The van der Waals surface area contributed by atoms with Crippen molar-refractivity contribution in [1.82, 2.24) is 20.4 Å². The normalized spacial score (nSPS) is 23.4. The van der Waals surface area contributed by atoms with Crippen molar-refractivity contribution in [3.63, 3.8) is 0 Å². The molecule has 6 atom stereocenters. The first kappa shape index (κ1) is 33.6. The summed E-state index contributed by atoms with van der Waals surface area (Å²) in [6.07, 6.45) is 5.52. The first-order chi connectivity index (χ1) is 22.4. The van der Waals surface area contributed by atoms with Crippen LogP contribution in [-0.2, 0) is 25.6 Å². The molecule has 12 nitrogen and oxygen atoms in total. The van der Waals surface area contributed by atoms with E-state index in [-0.39, 0.29) is 36.0 Å². The third-order valence-corrected chi connectivity index (χ3v) is 9.84. The number of primary amides is 1. The summed E-state index contributed by atoms with van der Waals surface area (Å²) >= 11 is 0. The Kier molecular flexibility index (Phi) is 10.3. The second kappa shape index (κ2) is 14.4. The minimum absolute atomic E-state index is 0.0807. The van der Waals surface area contributed by atoms with E-state index in [9.17, 15) is 24.0 Å². The fraction of sp³-hybridized carbons (Fsp3) is 0.486. The monoisotopic (exact) mass is 643 g/mol. The molecule has 0 unspecified atom stereocenters. The summed E-state index contributed by atoms with van der Waals surface area (Å²) in [5.74, 6) is -2.21. The topological polar surface area (TPSA) is 192 Å². The number of nitrogens with one attached hydrogen (secondary N) is 3. The zero-order chi connectivity index (χ0) is 33.8. The predicted molar refractivity (Wildman–Crippen MR) is 176 cm³/mol. The van der Waals surface area contributed by atoms with Gasteiger partial charge in [0.2, 0.25) is 23.6 Å². The lowest BCUT2D eigenvalue weighted by molar-refractivity contribution is -0.142. The van der Waals surface area contributed by atoms with Gasteiger partial charge in [-0.05, 0) is 69.6 Å². The summed E-state index contributed by atoms with van der Waals surface area (Å²) in [6, 6.07) is 10.6. The highest BCUT2D eigenvalue weighted by Gasteiger charge is 2.50. The van der Waals surface area contributed by atoms with Gasteiger partial charge in [-0.15, -0.1) is 0 Å². The van der Waals surface area contributed by atoms with E-state index in [0.29, 0.717) is 36.9 Å². The lowest BCUT2D eigenvalue weighted by Crippen LogP contribution is -2.57. The van der Waals surface area contributed by atoms with Crippen molar-refractivity contribution in [2.24, 2.45) is 17.4 Å². The second-order valence-electron chi connectivity index (χ2n) is 13.1. The fourth-order valence-electron chi connectivity index (χ4n) is 7.29. The third-order valence-electron chi connectivity index (χ3n) is 9.84. The number of aryl methyl sites for hydroxylation is 1. The summed E-state index contributed by atoms with van der Waals surface area (Å²) < 4.78 is 0. The molecule has 0 radical (unpaired) electrons. The Morgan fingerprint density at radius 3 is 2.32 bits per heavy atom. The maximum atomic E-state index is 14.2. The van der Waals surface area contributed by atoms with E-state index in [1.54, 1.807) is 34.1 Å². The van der Waals surface area contributed by atoms with Crippen LogP contribution in [0.5, 0.6) is 0 Å². The van der Waals surface area contributed by atoms with Crippen molar-refractivity contribution in [3.8, 4) is 0 Å². The average Bonchev–Trinajstić information content (AvgIpc) is 3.70. The summed E-state index contributed by atoms with van der Waals surface area (Å²) in [6.45, 7) is 3.84. The molecule has 0 spiro atoms. The zero-order valence-corrected chi connectivity index (χ0v) is 27.0. The van der Waals surface area contributed by atoms with Crippen LogP contribution in [0.25, 0.3) is 0 Å². The van der Waals surface area contributed by atoms with E-state index in [1.807, 2.05) is 31.2 Å². The number of nitrogens with zero attached hydrogens (tertiary/aromatic N) is 2. The largest absolute Gasteiger partial charge is 0.384 e. The minimum atomic E-state index is -0.985. The van der Waals surface area contributed by atoms with Crippen molar-refractivity contribution in [3.05, 3.63) is 70.8 Å². The molecule has 0 bridgehead atoms. The van der Waals surface area contributed by atoms with Gasteiger partial charge in [0.15, 0.2) is 0 Å². The molecule has 2 heterocycles. The van der Waals surface area contributed by atoms with E-state index < -0.39 is 41.9 Å². The molecule has 12 heteroatoms. The smallest absolute Gasteiger partial charge is 0.254 e. The van der Waals surface area contributed by atoms with Crippen molar-refractivity contribution in [2.75, 3.05) is 6.54 Å². The van der Waals surface area contributed by atoms with Crippen LogP contribution >= 0.6 is 0 Å². The quantitative estimate of drug-likeness (QED) is 0.193. The Bertz CT molecular complexity index is 1540. The third kappa shape index (κ3) is 7.47. The van der Waals surface area contributed by atoms with Crippen LogP contribution in [0.2, 0.25) is 0 Å². The van der Waals surface area contributed by atoms with Gasteiger partial charge in [0.05, 0.1) is 0 Å². The Morgan fingerprint density at radius 1 is 0.915 bits per heavy atom. The van der Waals surface area contributed by atoms with Crippen LogP contribution in [-0.4, -0.2) is 81.9 Å². The van der Waals surface area contributed by atoms with Gasteiger partial charge in [-0.3, -0.25) is 29.4 Å². The van der Waals surface area contributed by atoms with Gasteiger partial charge in [-0.2, -0.15) is 0 Å². The number of hydrogen-bond acceptors (Lipinski definition) is 6. The molecular weight excluding hydrogens is 598 g/mol. The molecule has 5 rings (SSSR count). The molecule has 0 aromatic heterocycles. The number of nitrogen functional groups attached to an aromatic ring is 1. The van der Waals surface area contributed by atoms with Crippen LogP contribution in [0.3, 0.4) is 0 Å². The van der Waals surface area contributed by atoms with E-state index in [4.69, 9.17) is 16.9 Å². The fourth-order valence-corrected chi connectivity index (χ4v) is 7.29. The molecule has 1 aliphatic carbocycles. The molecule has 1 saturated carbocycles. The molecule has 2 saturated heterocycles. The number of amides is 5. The minimum Gasteiger partial charge on any atom is -0.384 e. The van der Waals surface area contributed by atoms with E-state index >= 15 is 0 Å². The number of nitrogens with two attached hydrogens (primary N) is 2. The van der Waals surface area contributed by atoms with Crippen LogP contribution in [0.1, 0.15) is 78.9 Å². The standard InChI is InChI=1S/C35H45N7O5/c1-20-12-14-22(15-13-20)17-26(31(38)43)40-32(44)21(2)39-33(45)28-11-6-16-41(28)35(47)29-19-23-7-3-4-10-27(23)42(29)34(46)25-9-5-8-24(18-25)30(36)37/h5,8-9,12-15,18,21,23,26-29H,3-4,6-7,10-11,16-17,19H2,1-2H3,(H3,36,37)(H2,38,43)(H,39,45)(H,40,44)/t21-,23+,26+,27+,28+,29+/m1/s1. The van der Waals surface area contributed by atoms with Gasteiger partial charge in [0, 0.05) is 30.1 Å². The highest BCUT2D eigenvalue weighted by Crippen LogP contribution is 2.41. The molecule has 250 valence electrons.